The van der Waals surface area contributed by atoms with Crippen LogP contribution in [0.15, 0.2) is 183 Å². The molecule has 7 heteroatoms. The lowest BCUT2D eigenvalue weighted by atomic mass is 10.1. The highest BCUT2D eigenvalue weighted by atomic mass is 35.5. The van der Waals surface area contributed by atoms with Crippen molar-refractivity contribution in [1.29, 1.82) is 0 Å². The summed E-state index contributed by atoms with van der Waals surface area (Å²) in [5, 5.41) is 8.26. The Morgan fingerprint density at radius 3 is 1.30 bits per heavy atom. The lowest BCUT2D eigenvalue weighted by molar-refractivity contribution is 0.0968. The standard InChI is InChI=1S/C40H30Cl2NOPS2/c1-29-17-19-30(20-18-29)38(44)43-39(40(46-36-25-21-31(41)22-26-36)47-37-27-23-32(42)24-28-37)45(33-11-5-2-6-12-33,34-13-7-3-8-14-34)35-15-9-4-10-16-35/h2-28H,1H3/p+1. The summed E-state index contributed by atoms with van der Waals surface area (Å²) in [6, 6.07) is 55.0. The van der Waals surface area contributed by atoms with Gasteiger partial charge in [-0.15, -0.1) is 0 Å². The third-order valence-electron chi connectivity index (χ3n) is 7.55. The zero-order valence-electron chi connectivity index (χ0n) is 25.5. The van der Waals surface area contributed by atoms with Gasteiger partial charge in [0.15, 0.2) is 12.7 Å². The summed E-state index contributed by atoms with van der Waals surface area (Å²) in [6.45, 7) is 2.02. The Labute approximate surface area is 295 Å². The first-order valence-corrected chi connectivity index (χ1v) is 19.2. The van der Waals surface area contributed by atoms with Gasteiger partial charge in [0, 0.05) is 25.4 Å². The number of hydrogen-bond donors (Lipinski definition) is 1. The lowest BCUT2D eigenvalue weighted by Gasteiger charge is -2.31. The van der Waals surface area contributed by atoms with E-state index in [1.807, 2.05) is 97.9 Å². The highest BCUT2D eigenvalue weighted by Gasteiger charge is 2.52. The van der Waals surface area contributed by atoms with E-state index in [9.17, 15) is 4.79 Å². The molecule has 0 aliphatic heterocycles. The summed E-state index contributed by atoms with van der Waals surface area (Å²) in [6.07, 6.45) is 0. The number of nitrogens with one attached hydrogen (secondary N) is 1. The van der Waals surface area contributed by atoms with Crippen LogP contribution < -0.4 is 21.2 Å². The Morgan fingerprint density at radius 2 is 0.915 bits per heavy atom. The molecule has 232 valence electrons. The van der Waals surface area contributed by atoms with Crippen LogP contribution in [0.4, 0.5) is 0 Å². The van der Waals surface area contributed by atoms with Gasteiger partial charge in [-0.05, 0) is 104 Å². The van der Waals surface area contributed by atoms with Crippen LogP contribution in [0.5, 0.6) is 0 Å². The van der Waals surface area contributed by atoms with Crippen LogP contribution >= 0.6 is 54.0 Å². The summed E-state index contributed by atoms with van der Waals surface area (Å²) in [7, 11) is -2.74. The minimum atomic E-state index is -2.74. The predicted octanol–water partition coefficient (Wildman–Crippen LogP) is 10.7. The van der Waals surface area contributed by atoms with Crippen LogP contribution in [0.1, 0.15) is 15.9 Å². The van der Waals surface area contributed by atoms with E-state index in [4.69, 9.17) is 23.2 Å². The second-order valence-corrected chi connectivity index (χ2v) is 17.4. The van der Waals surface area contributed by atoms with E-state index in [0.29, 0.717) is 15.6 Å². The van der Waals surface area contributed by atoms with Crippen molar-refractivity contribution in [2.24, 2.45) is 0 Å². The van der Waals surface area contributed by atoms with Crippen LogP contribution in [-0.4, -0.2) is 5.91 Å². The number of amides is 1. The average Bonchev–Trinajstić information content (AvgIpc) is 3.11. The van der Waals surface area contributed by atoms with Crippen LogP contribution in [0.3, 0.4) is 0 Å². The van der Waals surface area contributed by atoms with Crippen molar-refractivity contribution in [3.8, 4) is 0 Å². The third kappa shape index (κ3) is 7.70. The number of thioether (sulfide) groups is 2. The minimum Gasteiger partial charge on any atom is -0.291 e. The lowest BCUT2D eigenvalue weighted by Crippen LogP contribution is -2.38. The van der Waals surface area contributed by atoms with Crippen LogP contribution in [0.2, 0.25) is 10.0 Å². The predicted molar refractivity (Wildman–Crippen MR) is 205 cm³/mol. The molecular formula is C40H31Cl2NOPS2+. The molecule has 1 N–H and O–H groups in total. The molecule has 47 heavy (non-hydrogen) atoms. The molecular weight excluding hydrogens is 676 g/mol. The molecule has 6 aromatic carbocycles. The van der Waals surface area contributed by atoms with E-state index in [1.165, 1.54) is 0 Å². The molecule has 0 aliphatic carbocycles. The van der Waals surface area contributed by atoms with Crippen LogP contribution in [-0.2, 0) is 0 Å². The topological polar surface area (TPSA) is 29.1 Å². The SMILES string of the molecule is Cc1ccc(C(=O)NC(=C(Sc2ccc(Cl)cc2)Sc2ccc(Cl)cc2)[P+](c2ccccc2)(c2ccccc2)c2ccccc2)cc1. The van der Waals surface area contributed by atoms with E-state index < -0.39 is 7.26 Å². The Kier molecular flexibility index (Phi) is 10.9. The van der Waals surface area contributed by atoms with E-state index in [-0.39, 0.29) is 5.91 Å². The number of hydrogen-bond acceptors (Lipinski definition) is 3. The number of aryl methyl sites for hydroxylation is 1. The van der Waals surface area contributed by atoms with Gasteiger partial charge in [-0.1, -0.05) is 119 Å². The number of carbonyl (C=O) groups excluding carboxylic acids is 1. The summed E-state index contributed by atoms with van der Waals surface area (Å²) in [4.78, 5) is 16.4. The molecule has 2 nitrogen and oxygen atoms in total. The van der Waals surface area contributed by atoms with Gasteiger partial charge in [0.2, 0.25) is 0 Å². The van der Waals surface area contributed by atoms with Crippen molar-refractivity contribution < 1.29 is 4.79 Å². The molecule has 0 heterocycles. The smallest absolute Gasteiger partial charge is 0.258 e. The molecule has 0 saturated carbocycles. The third-order valence-corrected chi connectivity index (χ3v) is 14.9. The molecule has 0 aromatic heterocycles. The highest BCUT2D eigenvalue weighted by Crippen LogP contribution is 2.65. The molecule has 0 unspecified atom stereocenters. The zero-order chi connectivity index (χ0) is 32.6. The Hall–Kier alpha value is -3.76. The average molecular weight is 708 g/mol. The van der Waals surface area contributed by atoms with E-state index in [1.54, 1.807) is 23.5 Å². The molecule has 0 atom stereocenters. The van der Waals surface area contributed by atoms with Crippen molar-refractivity contribution in [1.82, 2.24) is 5.32 Å². The molecule has 0 saturated heterocycles. The first kappa shape index (κ1) is 33.2. The van der Waals surface area contributed by atoms with Gasteiger partial charge in [-0.3, -0.25) is 10.1 Å². The maximum Gasteiger partial charge on any atom is 0.258 e. The maximum atomic E-state index is 14.4. The molecule has 1 amide bonds. The molecule has 0 aliphatic rings. The summed E-state index contributed by atoms with van der Waals surface area (Å²) in [5.74, 6) is -0.168. The number of halogens is 2. The van der Waals surface area contributed by atoms with Crippen molar-refractivity contribution in [3.63, 3.8) is 0 Å². The van der Waals surface area contributed by atoms with Gasteiger partial charge in [-0.2, -0.15) is 0 Å². The Bertz CT molecular complexity index is 1820. The van der Waals surface area contributed by atoms with Crippen molar-refractivity contribution in [2.75, 3.05) is 0 Å². The van der Waals surface area contributed by atoms with Gasteiger partial charge >= 0.3 is 0 Å². The van der Waals surface area contributed by atoms with E-state index in [2.05, 4.69) is 78.1 Å². The normalized spacial score (nSPS) is 11.1. The summed E-state index contributed by atoms with van der Waals surface area (Å²) < 4.78 is 0.944. The fourth-order valence-corrected chi connectivity index (χ4v) is 12.7. The first-order chi connectivity index (χ1) is 22.9. The van der Waals surface area contributed by atoms with Crippen molar-refractivity contribution in [2.45, 2.75) is 16.7 Å². The molecule has 0 radical (unpaired) electrons. The Balaban J connectivity index is 1.71. The molecule has 6 rings (SSSR count). The second kappa shape index (κ2) is 15.4. The first-order valence-electron chi connectivity index (χ1n) is 15.0. The van der Waals surface area contributed by atoms with Gasteiger partial charge in [0.05, 0.1) is 0 Å². The molecule has 0 fully saturated rings. The van der Waals surface area contributed by atoms with Crippen LogP contribution in [0.25, 0.3) is 0 Å². The van der Waals surface area contributed by atoms with Crippen molar-refractivity contribution >= 4 is 75.8 Å². The van der Waals surface area contributed by atoms with E-state index >= 15 is 0 Å². The number of carbonyl (C=O) groups is 1. The number of rotatable bonds is 10. The molecule has 0 bridgehead atoms. The largest absolute Gasteiger partial charge is 0.291 e. The van der Waals surface area contributed by atoms with Crippen LogP contribution in [0, 0.1) is 6.92 Å². The van der Waals surface area contributed by atoms with E-state index in [0.717, 1.165) is 40.9 Å². The highest BCUT2D eigenvalue weighted by molar-refractivity contribution is 8.23. The minimum absolute atomic E-state index is 0.168. The molecule has 0 spiro atoms. The quantitative estimate of drug-likeness (QED) is 0.114. The fraction of sp³-hybridized carbons (Fsp3) is 0.0250. The summed E-state index contributed by atoms with van der Waals surface area (Å²) >= 11 is 15.9. The monoisotopic (exact) mass is 706 g/mol. The second-order valence-electron chi connectivity index (χ2n) is 10.7. The van der Waals surface area contributed by atoms with Gasteiger partial charge in [-0.25, -0.2) is 0 Å². The Morgan fingerprint density at radius 1 is 0.532 bits per heavy atom. The van der Waals surface area contributed by atoms with Gasteiger partial charge < -0.3 is 0 Å². The number of benzene rings is 6. The van der Waals surface area contributed by atoms with Crippen molar-refractivity contribution in [3.05, 3.63) is 195 Å². The maximum absolute atomic E-state index is 14.4. The zero-order valence-corrected chi connectivity index (χ0v) is 29.6. The van der Waals surface area contributed by atoms with Gasteiger partial charge in [0.1, 0.15) is 20.2 Å². The summed E-state index contributed by atoms with van der Waals surface area (Å²) in [5.41, 5.74) is 2.54. The molecule has 6 aromatic rings. The van der Waals surface area contributed by atoms with Gasteiger partial charge in [0.25, 0.3) is 5.91 Å². The fourth-order valence-electron chi connectivity index (χ4n) is 5.28.